The van der Waals surface area contributed by atoms with Crippen LogP contribution in [0.15, 0.2) is 0 Å². The van der Waals surface area contributed by atoms with Crippen LogP contribution in [0.4, 0.5) is 0 Å². The number of ether oxygens (including phenoxy) is 4. The second kappa shape index (κ2) is 17.8. The molecule has 0 N–H and O–H groups in total. The lowest BCUT2D eigenvalue weighted by Crippen LogP contribution is -2.53. The summed E-state index contributed by atoms with van der Waals surface area (Å²) in [5, 5.41) is 0. The Hall–Kier alpha value is -2.28. The summed E-state index contributed by atoms with van der Waals surface area (Å²) in [4.78, 5) is 60.1. The molecule has 12 nitrogen and oxygen atoms in total. The van der Waals surface area contributed by atoms with E-state index in [1.165, 1.54) is 0 Å². The van der Waals surface area contributed by atoms with Crippen molar-refractivity contribution in [3.8, 4) is 0 Å². The maximum atomic E-state index is 13.4. The van der Waals surface area contributed by atoms with Crippen molar-refractivity contribution >= 4 is 23.9 Å². The summed E-state index contributed by atoms with van der Waals surface area (Å²) in [6.45, 7) is 28.0. The quantitative estimate of drug-likeness (QED) is 0.268. The Kier molecular flexibility index (Phi) is 16.1. The van der Waals surface area contributed by atoms with E-state index in [-0.39, 0.29) is 43.5 Å². The number of carbonyl (C=O) groups is 4. The molecule has 1 atom stereocenters. The first kappa shape index (κ1) is 41.7. The van der Waals surface area contributed by atoms with Gasteiger partial charge in [-0.25, -0.2) is 0 Å². The third-order valence-electron chi connectivity index (χ3n) is 6.70. The molecule has 0 amide bonds. The molecule has 1 aliphatic rings. The van der Waals surface area contributed by atoms with Crippen LogP contribution < -0.4 is 0 Å². The Morgan fingerprint density at radius 2 is 0.739 bits per heavy atom. The van der Waals surface area contributed by atoms with Crippen molar-refractivity contribution < 1.29 is 38.1 Å². The molecule has 268 valence electrons. The van der Waals surface area contributed by atoms with Gasteiger partial charge in [0, 0.05) is 52.4 Å². The maximum absolute atomic E-state index is 13.4. The Labute approximate surface area is 278 Å². The van der Waals surface area contributed by atoms with E-state index in [1.807, 2.05) is 105 Å². The van der Waals surface area contributed by atoms with Gasteiger partial charge >= 0.3 is 23.9 Å². The number of rotatable bonds is 9. The first-order valence-corrected chi connectivity index (χ1v) is 16.7. The fourth-order valence-corrected chi connectivity index (χ4v) is 4.95. The van der Waals surface area contributed by atoms with Gasteiger partial charge in [-0.05, 0) is 89.5 Å². The van der Waals surface area contributed by atoms with Gasteiger partial charge in [0.25, 0.3) is 0 Å². The number of carbonyl (C=O) groups excluding carboxylic acids is 4. The molecule has 0 aromatic heterocycles. The molecule has 1 aliphatic heterocycles. The summed E-state index contributed by atoms with van der Waals surface area (Å²) in [5.41, 5.74) is -2.51. The van der Waals surface area contributed by atoms with Crippen LogP contribution in [0.2, 0.25) is 0 Å². The first-order valence-electron chi connectivity index (χ1n) is 16.7. The Morgan fingerprint density at radius 3 is 0.978 bits per heavy atom. The highest BCUT2D eigenvalue weighted by Crippen LogP contribution is 2.16. The smallest absolute Gasteiger partial charge is 0.323 e. The van der Waals surface area contributed by atoms with Crippen LogP contribution in [-0.2, 0) is 38.1 Å². The molecule has 12 heteroatoms. The number of esters is 4. The molecule has 1 heterocycles. The molecular weight excluding hydrogens is 592 g/mol. The molecule has 1 fully saturated rings. The summed E-state index contributed by atoms with van der Waals surface area (Å²) in [7, 11) is 0. The number of nitrogens with zero attached hydrogens (tertiary/aromatic N) is 4. The second-order valence-electron chi connectivity index (χ2n) is 16.1. The zero-order chi connectivity index (χ0) is 35.5. The van der Waals surface area contributed by atoms with Gasteiger partial charge in [-0.2, -0.15) is 0 Å². The van der Waals surface area contributed by atoms with E-state index >= 15 is 0 Å². The Bertz CT molecular complexity index is 945. The normalized spacial score (nSPS) is 18.5. The highest BCUT2D eigenvalue weighted by Gasteiger charge is 2.31. The van der Waals surface area contributed by atoms with Crippen LogP contribution in [0, 0.1) is 0 Å². The van der Waals surface area contributed by atoms with Crippen LogP contribution in [0.25, 0.3) is 0 Å². The molecule has 0 saturated carbocycles. The molecule has 0 aromatic carbocycles. The molecule has 0 radical (unpaired) electrons. The van der Waals surface area contributed by atoms with Gasteiger partial charge in [0.15, 0.2) is 0 Å². The van der Waals surface area contributed by atoms with Crippen LogP contribution in [0.3, 0.4) is 0 Å². The molecular formula is C34H64N4O8. The van der Waals surface area contributed by atoms with Gasteiger partial charge in [-0.1, -0.05) is 6.92 Å². The van der Waals surface area contributed by atoms with Crippen LogP contribution in [-0.4, -0.2) is 144 Å². The van der Waals surface area contributed by atoms with Crippen LogP contribution in [0.1, 0.15) is 96.4 Å². The van der Waals surface area contributed by atoms with Gasteiger partial charge in [0.2, 0.25) is 0 Å². The minimum Gasteiger partial charge on any atom is -0.459 e. The van der Waals surface area contributed by atoms with Crippen molar-refractivity contribution in [3.63, 3.8) is 0 Å². The van der Waals surface area contributed by atoms with Gasteiger partial charge in [0.1, 0.15) is 28.4 Å². The lowest BCUT2D eigenvalue weighted by molar-refractivity contribution is -0.163. The van der Waals surface area contributed by atoms with Crippen molar-refractivity contribution in [2.45, 2.75) is 125 Å². The van der Waals surface area contributed by atoms with Crippen molar-refractivity contribution in [2.24, 2.45) is 0 Å². The highest BCUT2D eigenvalue weighted by atomic mass is 16.6. The molecule has 0 unspecified atom stereocenters. The van der Waals surface area contributed by atoms with Gasteiger partial charge < -0.3 is 18.9 Å². The minimum absolute atomic E-state index is 0.0688. The van der Waals surface area contributed by atoms with Crippen LogP contribution >= 0.6 is 0 Å². The first-order chi connectivity index (χ1) is 20.9. The van der Waals surface area contributed by atoms with E-state index in [0.717, 1.165) is 0 Å². The summed E-state index contributed by atoms with van der Waals surface area (Å²) in [6, 6.07) is -0.502. The second-order valence-corrected chi connectivity index (χ2v) is 16.1. The summed E-state index contributed by atoms with van der Waals surface area (Å²) in [5.74, 6) is -1.32. The Morgan fingerprint density at radius 1 is 0.478 bits per heavy atom. The lowest BCUT2D eigenvalue weighted by atomic mass is 10.1. The third kappa shape index (κ3) is 19.4. The molecule has 0 bridgehead atoms. The summed E-state index contributed by atoms with van der Waals surface area (Å²) >= 11 is 0. The maximum Gasteiger partial charge on any atom is 0.323 e. The van der Waals surface area contributed by atoms with E-state index in [4.69, 9.17) is 18.9 Å². The van der Waals surface area contributed by atoms with Crippen molar-refractivity contribution in [2.75, 3.05) is 72.0 Å². The average Bonchev–Trinajstić information content (AvgIpc) is 2.80. The molecule has 1 saturated heterocycles. The molecule has 46 heavy (non-hydrogen) atoms. The van der Waals surface area contributed by atoms with Crippen molar-refractivity contribution in [1.82, 2.24) is 19.6 Å². The lowest BCUT2D eigenvalue weighted by Gasteiger charge is -2.37. The number of hydrogen-bond acceptors (Lipinski definition) is 12. The van der Waals surface area contributed by atoms with Gasteiger partial charge in [0.05, 0.1) is 19.6 Å². The van der Waals surface area contributed by atoms with E-state index < -0.39 is 28.4 Å². The SMILES string of the molecule is CC[C@H](C(=O)OC(C)(C)C)N1CCN(CC(=O)OC(C)(C)C)CCN(CC(=O)OC(C)(C)C)CCN(CC(=O)OC(C)(C)C)CC1. The summed E-state index contributed by atoms with van der Waals surface area (Å²) in [6.07, 6.45) is 0.538. The van der Waals surface area contributed by atoms with Crippen molar-refractivity contribution in [3.05, 3.63) is 0 Å². The third-order valence-corrected chi connectivity index (χ3v) is 6.70. The zero-order valence-corrected chi connectivity index (χ0v) is 31.1. The van der Waals surface area contributed by atoms with Crippen molar-refractivity contribution in [1.29, 1.82) is 0 Å². The van der Waals surface area contributed by atoms with Gasteiger partial charge in [-0.3, -0.25) is 38.8 Å². The molecule has 1 rings (SSSR count). The van der Waals surface area contributed by atoms with E-state index in [9.17, 15) is 19.2 Å². The van der Waals surface area contributed by atoms with E-state index in [0.29, 0.717) is 58.8 Å². The van der Waals surface area contributed by atoms with E-state index in [2.05, 4.69) is 4.90 Å². The molecule has 0 aromatic rings. The van der Waals surface area contributed by atoms with Crippen LogP contribution in [0.5, 0.6) is 0 Å². The Balaban J connectivity index is 3.38. The topological polar surface area (TPSA) is 118 Å². The fourth-order valence-electron chi connectivity index (χ4n) is 4.95. The predicted octanol–water partition coefficient (Wildman–Crippen LogP) is 3.35. The predicted molar refractivity (Wildman–Crippen MR) is 178 cm³/mol. The number of hydrogen-bond donors (Lipinski definition) is 0. The fraction of sp³-hybridized carbons (Fsp3) is 0.882. The van der Waals surface area contributed by atoms with E-state index in [1.54, 1.807) is 0 Å². The molecule has 0 spiro atoms. The molecule has 0 aliphatic carbocycles. The van der Waals surface area contributed by atoms with Gasteiger partial charge in [-0.15, -0.1) is 0 Å². The highest BCUT2D eigenvalue weighted by molar-refractivity contribution is 5.76. The summed E-state index contributed by atoms with van der Waals surface area (Å²) < 4.78 is 22.7. The zero-order valence-electron chi connectivity index (χ0n) is 31.1. The average molecular weight is 657 g/mol. The largest absolute Gasteiger partial charge is 0.459 e. The monoisotopic (exact) mass is 656 g/mol. The standard InChI is InChI=1S/C34H64N4O8/c1-14-26(30(42)46-34(11,12)13)38-21-19-36(24-28(40)44-32(5,6)7)17-15-35(23-27(39)43-31(2,3)4)16-18-37(20-22-38)25-29(41)45-33(8,9)10/h26H,14-25H2,1-13H3/t26-/m1/s1. The minimum atomic E-state index is -0.639.